The first-order chi connectivity index (χ1) is 21.3. The number of thioether (sulfide) groups is 1. The Labute approximate surface area is 258 Å². The van der Waals surface area contributed by atoms with Crippen molar-refractivity contribution >= 4 is 34.1 Å². The third-order valence-corrected chi connectivity index (χ3v) is 10.7. The van der Waals surface area contributed by atoms with E-state index in [1.54, 1.807) is 0 Å². The third kappa shape index (κ3) is 5.20. The van der Waals surface area contributed by atoms with Crippen molar-refractivity contribution in [3.8, 4) is 12.1 Å². The van der Waals surface area contributed by atoms with Gasteiger partial charge in [0, 0.05) is 49.8 Å². The van der Waals surface area contributed by atoms with E-state index in [1.807, 2.05) is 6.07 Å². The summed E-state index contributed by atoms with van der Waals surface area (Å²) in [6, 6.07) is 2.32. The van der Waals surface area contributed by atoms with Crippen molar-refractivity contribution in [2.75, 3.05) is 50.8 Å². The highest BCUT2D eigenvalue weighted by atomic mass is 32.2. The summed E-state index contributed by atoms with van der Waals surface area (Å²) in [5, 5.41) is 12.7. The van der Waals surface area contributed by atoms with Crippen molar-refractivity contribution in [3.05, 3.63) is 46.0 Å². The van der Waals surface area contributed by atoms with Gasteiger partial charge >= 0.3 is 6.01 Å². The van der Waals surface area contributed by atoms with Gasteiger partial charge in [-0.2, -0.15) is 15.2 Å². The maximum atomic E-state index is 16.6. The number of anilines is 1. The molecule has 3 N–H and O–H groups in total. The number of allylic oxidation sites excluding steroid dienone is 4. The lowest BCUT2D eigenvalue weighted by Gasteiger charge is -2.34. The van der Waals surface area contributed by atoms with Crippen LogP contribution in [0.25, 0.3) is 16.5 Å². The number of fused-ring (bicyclic) bond motifs is 2. The van der Waals surface area contributed by atoms with Crippen LogP contribution in [0.1, 0.15) is 44.7 Å². The van der Waals surface area contributed by atoms with Crippen LogP contribution >= 0.6 is 11.8 Å². The van der Waals surface area contributed by atoms with Crippen LogP contribution in [-0.2, 0) is 0 Å². The van der Waals surface area contributed by atoms with Gasteiger partial charge in [-0.15, -0.1) is 0 Å². The van der Waals surface area contributed by atoms with Crippen molar-refractivity contribution in [1.82, 2.24) is 25.2 Å². The number of hydrogen-bond donors (Lipinski definition) is 2. The first-order valence-corrected chi connectivity index (χ1v) is 16.2. The fraction of sp³-hybridized carbons (Fsp3) is 0.548. The molecule has 44 heavy (non-hydrogen) atoms. The minimum atomic E-state index is -1.13. The highest BCUT2D eigenvalue weighted by molar-refractivity contribution is 8.04. The molecule has 3 aliphatic heterocycles. The molecule has 5 aliphatic rings. The normalized spacial score (nSPS) is 26.7. The molecule has 3 unspecified atom stereocenters. The van der Waals surface area contributed by atoms with E-state index in [0.717, 1.165) is 63.3 Å². The molecule has 0 radical (unpaired) electrons. The SMILES string of the molecule is CCC1CN(c2nc(OCC3(CN4CCCC4)CC3)nc3c(F)c(C4=CC(F)=C(F)C5SC(N)=C(C#N)C45)ncc23)CCN1. The Morgan fingerprint density at radius 3 is 2.73 bits per heavy atom. The second kappa shape index (κ2) is 11.5. The number of halogens is 3. The smallest absolute Gasteiger partial charge is 0.319 e. The molecular formula is C31H35F3N8OS. The summed E-state index contributed by atoms with van der Waals surface area (Å²) >= 11 is 0.863. The lowest BCUT2D eigenvalue weighted by atomic mass is 9.82. The molecule has 9 nitrogen and oxygen atoms in total. The maximum absolute atomic E-state index is 16.6. The Hall–Kier alpha value is -3.34. The van der Waals surface area contributed by atoms with Gasteiger partial charge in [0.15, 0.2) is 11.6 Å². The van der Waals surface area contributed by atoms with Gasteiger partial charge in [0.05, 0.1) is 33.9 Å². The van der Waals surface area contributed by atoms with E-state index in [-0.39, 0.29) is 44.9 Å². The predicted octanol–water partition coefficient (Wildman–Crippen LogP) is 4.58. The van der Waals surface area contributed by atoms with E-state index in [2.05, 4.69) is 32.0 Å². The quantitative estimate of drug-likeness (QED) is 0.433. The largest absolute Gasteiger partial charge is 0.463 e. The summed E-state index contributed by atoms with van der Waals surface area (Å²) < 4.78 is 52.5. The van der Waals surface area contributed by atoms with Crippen LogP contribution in [0, 0.1) is 28.5 Å². The molecule has 2 aromatic heterocycles. The Bertz CT molecular complexity index is 1630. The molecule has 2 saturated heterocycles. The standard InChI is InChI=1S/C31H35F3N8OS/c1-2-17-14-42(10-7-37-17)29-20-13-38-25(18-11-21(32)23(33)27-22(18)19(12-35)28(36)44-27)24(34)26(20)39-30(40-29)43-16-31(5-6-31)15-41-8-3-4-9-41/h11,13,17,22,27,37H,2-10,14-16,36H2,1H3. The number of likely N-dealkylation sites (tertiary alicyclic amines) is 1. The predicted molar refractivity (Wildman–Crippen MR) is 163 cm³/mol. The van der Waals surface area contributed by atoms with Gasteiger partial charge in [-0.05, 0) is 56.8 Å². The number of nitriles is 1. The highest BCUT2D eigenvalue weighted by Crippen LogP contribution is 2.53. The zero-order chi connectivity index (χ0) is 30.6. The van der Waals surface area contributed by atoms with Gasteiger partial charge in [-0.25, -0.2) is 13.2 Å². The van der Waals surface area contributed by atoms with Crippen LogP contribution in [-0.4, -0.2) is 77.0 Å². The molecule has 0 amide bonds. The van der Waals surface area contributed by atoms with E-state index in [0.29, 0.717) is 30.9 Å². The lowest BCUT2D eigenvalue weighted by molar-refractivity contribution is 0.170. The molecule has 0 bridgehead atoms. The van der Waals surface area contributed by atoms with E-state index < -0.39 is 28.6 Å². The highest BCUT2D eigenvalue weighted by Gasteiger charge is 2.46. The second-order valence-corrected chi connectivity index (χ2v) is 13.7. The maximum Gasteiger partial charge on any atom is 0.319 e. The van der Waals surface area contributed by atoms with E-state index in [4.69, 9.17) is 15.5 Å². The molecule has 13 heteroatoms. The molecule has 0 spiro atoms. The molecule has 3 fully saturated rings. The molecule has 2 aliphatic carbocycles. The first kappa shape index (κ1) is 29.4. The summed E-state index contributed by atoms with van der Waals surface area (Å²) in [6.07, 6.45) is 7.87. The number of hydrogen-bond acceptors (Lipinski definition) is 10. The van der Waals surface area contributed by atoms with Crippen LogP contribution in [0.2, 0.25) is 0 Å². The van der Waals surface area contributed by atoms with Crippen molar-refractivity contribution in [3.63, 3.8) is 0 Å². The number of nitrogens with zero attached hydrogens (tertiary/aromatic N) is 6. The fourth-order valence-corrected chi connectivity index (χ4v) is 8.05. The molecule has 1 saturated carbocycles. The Balaban J connectivity index is 1.29. The molecule has 232 valence electrons. The minimum absolute atomic E-state index is 0.0139. The van der Waals surface area contributed by atoms with E-state index >= 15 is 4.39 Å². The van der Waals surface area contributed by atoms with Crippen LogP contribution in [0.4, 0.5) is 19.0 Å². The van der Waals surface area contributed by atoms with Gasteiger partial charge in [0.2, 0.25) is 0 Å². The molecule has 0 aromatic carbocycles. The summed E-state index contributed by atoms with van der Waals surface area (Å²) in [4.78, 5) is 18.3. The minimum Gasteiger partial charge on any atom is -0.463 e. The number of pyridine rings is 1. The van der Waals surface area contributed by atoms with Gasteiger partial charge < -0.3 is 25.6 Å². The number of ether oxygens (including phenoxy) is 1. The summed E-state index contributed by atoms with van der Waals surface area (Å²) in [7, 11) is 0. The summed E-state index contributed by atoms with van der Waals surface area (Å²) in [5.74, 6) is -3.40. The monoisotopic (exact) mass is 624 g/mol. The van der Waals surface area contributed by atoms with Gasteiger partial charge in [0.1, 0.15) is 22.9 Å². The Kier molecular flexibility index (Phi) is 7.71. The van der Waals surface area contributed by atoms with Crippen molar-refractivity contribution in [1.29, 1.82) is 5.26 Å². The molecule has 5 heterocycles. The zero-order valence-corrected chi connectivity index (χ0v) is 25.4. The molecular weight excluding hydrogens is 589 g/mol. The molecule has 7 rings (SSSR count). The van der Waals surface area contributed by atoms with Crippen LogP contribution in [0.3, 0.4) is 0 Å². The average Bonchev–Trinajstić information content (AvgIpc) is 3.43. The Morgan fingerprint density at radius 2 is 2.00 bits per heavy atom. The van der Waals surface area contributed by atoms with Crippen LogP contribution < -0.4 is 20.7 Å². The van der Waals surface area contributed by atoms with Crippen LogP contribution in [0.5, 0.6) is 6.01 Å². The average molecular weight is 625 g/mol. The lowest BCUT2D eigenvalue weighted by Crippen LogP contribution is -2.50. The van der Waals surface area contributed by atoms with Crippen LogP contribution in [0.15, 0.2) is 34.5 Å². The first-order valence-electron chi connectivity index (χ1n) is 15.3. The third-order valence-electron chi connectivity index (χ3n) is 9.54. The van der Waals surface area contributed by atoms with Gasteiger partial charge in [0.25, 0.3) is 0 Å². The zero-order valence-electron chi connectivity index (χ0n) is 24.6. The van der Waals surface area contributed by atoms with Gasteiger partial charge in [-0.1, -0.05) is 18.7 Å². The summed E-state index contributed by atoms with van der Waals surface area (Å²) in [6.45, 7) is 7.77. The topological polar surface area (TPSA) is 116 Å². The fourth-order valence-electron chi connectivity index (χ4n) is 6.84. The van der Waals surface area contributed by atoms with Crippen molar-refractivity contribution < 1.29 is 17.9 Å². The Morgan fingerprint density at radius 1 is 1.20 bits per heavy atom. The number of rotatable bonds is 8. The van der Waals surface area contributed by atoms with E-state index in [9.17, 15) is 14.0 Å². The molecule has 2 aromatic rings. The summed E-state index contributed by atoms with van der Waals surface area (Å²) in [5.41, 5.74) is 5.96. The number of piperazine rings is 1. The van der Waals surface area contributed by atoms with Crippen molar-refractivity contribution in [2.24, 2.45) is 17.1 Å². The van der Waals surface area contributed by atoms with Gasteiger partial charge in [-0.3, -0.25) is 4.98 Å². The van der Waals surface area contributed by atoms with E-state index in [1.165, 1.54) is 19.0 Å². The number of nitrogens with one attached hydrogen (secondary N) is 1. The molecule has 3 atom stereocenters. The number of nitrogens with two attached hydrogens (primary N) is 1. The van der Waals surface area contributed by atoms with Crippen molar-refractivity contribution in [2.45, 2.75) is 50.3 Å². The second-order valence-electron chi connectivity index (χ2n) is 12.5. The number of aromatic nitrogens is 3.